The molecule has 2 rings (SSSR count). The minimum absolute atomic E-state index is 0.0255. The van der Waals surface area contributed by atoms with E-state index in [0.717, 1.165) is 30.9 Å². The average molecular weight is 262 g/mol. The first kappa shape index (κ1) is 13.9. The number of carbonyl (C=O) groups is 1. The normalized spacial score (nSPS) is 22.8. The summed E-state index contributed by atoms with van der Waals surface area (Å²) in [6.07, 6.45) is 0.862. The van der Waals surface area contributed by atoms with Gasteiger partial charge in [-0.3, -0.25) is 10.1 Å². The van der Waals surface area contributed by atoms with Crippen LogP contribution in [0.5, 0.6) is 0 Å². The van der Waals surface area contributed by atoms with Gasteiger partial charge in [0.2, 0.25) is 11.9 Å². The standard InChI is InChI=1S/C14H22N4O/c1-9(2)14(5-6-15-8-14)12(19)18-13-16-10(3)7-11(4)17-13/h7,9,15H,5-6,8H2,1-4H3,(H,16,17,18,19). The van der Waals surface area contributed by atoms with Crippen molar-refractivity contribution in [2.45, 2.75) is 34.1 Å². The molecule has 1 aromatic rings. The number of nitrogens with zero attached hydrogens (tertiary/aromatic N) is 2. The molecular weight excluding hydrogens is 240 g/mol. The summed E-state index contributed by atoms with van der Waals surface area (Å²) in [7, 11) is 0. The van der Waals surface area contributed by atoms with Crippen LogP contribution in [0, 0.1) is 25.2 Å². The molecule has 2 N–H and O–H groups in total. The van der Waals surface area contributed by atoms with Gasteiger partial charge < -0.3 is 5.32 Å². The van der Waals surface area contributed by atoms with E-state index in [2.05, 4.69) is 34.4 Å². The molecule has 5 nitrogen and oxygen atoms in total. The van der Waals surface area contributed by atoms with E-state index in [-0.39, 0.29) is 17.2 Å². The smallest absolute Gasteiger partial charge is 0.234 e. The Hall–Kier alpha value is -1.49. The van der Waals surface area contributed by atoms with Crippen LogP contribution in [-0.2, 0) is 4.79 Å². The molecule has 0 spiro atoms. The summed E-state index contributed by atoms with van der Waals surface area (Å²) >= 11 is 0. The monoisotopic (exact) mass is 262 g/mol. The molecule has 0 saturated carbocycles. The lowest BCUT2D eigenvalue weighted by Gasteiger charge is -2.30. The van der Waals surface area contributed by atoms with Crippen molar-refractivity contribution in [2.24, 2.45) is 11.3 Å². The Kier molecular flexibility index (Phi) is 3.85. The van der Waals surface area contributed by atoms with Gasteiger partial charge in [0, 0.05) is 17.9 Å². The first-order valence-corrected chi connectivity index (χ1v) is 6.78. The Labute approximate surface area is 114 Å². The van der Waals surface area contributed by atoms with Crippen molar-refractivity contribution >= 4 is 11.9 Å². The average Bonchev–Trinajstić information content (AvgIpc) is 2.77. The van der Waals surface area contributed by atoms with Crippen LogP contribution in [0.3, 0.4) is 0 Å². The zero-order valence-electron chi connectivity index (χ0n) is 12.1. The first-order chi connectivity index (χ1) is 8.94. The lowest BCUT2D eigenvalue weighted by Crippen LogP contribution is -2.42. The molecule has 5 heteroatoms. The predicted molar refractivity (Wildman–Crippen MR) is 74.9 cm³/mol. The Morgan fingerprint density at radius 2 is 2.00 bits per heavy atom. The highest BCUT2D eigenvalue weighted by Gasteiger charge is 2.44. The number of hydrogen-bond donors (Lipinski definition) is 2. The number of nitrogens with one attached hydrogen (secondary N) is 2. The molecule has 2 heterocycles. The van der Waals surface area contributed by atoms with Crippen LogP contribution in [0.1, 0.15) is 31.7 Å². The van der Waals surface area contributed by atoms with E-state index >= 15 is 0 Å². The van der Waals surface area contributed by atoms with Crippen molar-refractivity contribution in [3.63, 3.8) is 0 Å². The zero-order valence-corrected chi connectivity index (χ0v) is 12.1. The molecule has 104 valence electrons. The van der Waals surface area contributed by atoms with Crippen molar-refractivity contribution in [2.75, 3.05) is 18.4 Å². The number of amides is 1. The number of aromatic nitrogens is 2. The van der Waals surface area contributed by atoms with Gasteiger partial charge in [0.1, 0.15) is 0 Å². The molecule has 1 aliphatic heterocycles. The highest BCUT2D eigenvalue weighted by atomic mass is 16.2. The van der Waals surface area contributed by atoms with Gasteiger partial charge in [0.05, 0.1) is 5.41 Å². The van der Waals surface area contributed by atoms with E-state index in [1.807, 2.05) is 19.9 Å². The molecule has 1 atom stereocenters. The molecule has 0 aromatic carbocycles. The highest BCUT2D eigenvalue weighted by molar-refractivity contribution is 5.94. The second-order valence-corrected chi connectivity index (χ2v) is 5.67. The summed E-state index contributed by atoms with van der Waals surface area (Å²) in [4.78, 5) is 21.1. The van der Waals surface area contributed by atoms with Gasteiger partial charge in [0.15, 0.2) is 0 Å². The molecule has 1 saturated heterocycles. The molecule has 1 aromatic heterocycles. The SMILES string of the molecule is Cc1cc(C)nc(NC(=O)C2(C(C)C)CCNC2)n1. The number of anilines is 1. The summed E-state index contributed by atoms with van der Waals surface area (Å²) in [5.41, 5.74) is 1.39. The third-order valence-corrected chi connectivity index (χ3v) is 3.95. The fraction of sp³-hybridized carbons (Fsp3) is 0.643. The molecule has 0 aliphatic carbocycles. The molecular formula is C14H22N4O. The zero-order chi connectivity index (χ0) is 14.0. The van der Waals surface area contributed by atoms with Gasteiger partial charge >= 0.3 is 0 Å². The minimum Gasteiger partial charge on any atom is -0.316 e. The lowest BCUT2D eigenvalue weighted by molar-refractivity contribution is -0.126. The molecule has 1 unspecified atom stereocenters. The number of rotatable bonds is 3. The molecule has 0 bridgehead atoms. The number of carbonyl (C=O) groups excluding carboxylic acids is 1. The van der Waals surface area contributed by atoms with Crippen LogP contribution in [-0.4, -0.2) is 29.0 Å². The van der Waals surface area contributed by atoms with Crippen LogP contribution in [0.2, 0.25) is 0 Å². The predicted octanol–water partition coefficient (Wildman–Crippen LogP) is 1.67. The Balaban J connectivity index is 2.20. The largest absolute Gasteiger partial charge is 0.316 e. The van der Waals surface area contributed by atoms with E-state index in [1.54, 1.807) is 0 Å². The van der Waals surface area contributed by atoms with Gasteiger partial charge in [-0.25, -0.2) is 9.97 Å². The van der Waals surface area contributed by atoms with Crippen molar-refractivity contribution in [3.8, 4) is 0 Å². The Morgan fingerprint density at radius 1 is 1.37 bits per heavy atom. The maximum absolute atomic E-state index is 12.6. The van der Waals surface area contributed by atoms with Crippen molar-refractivity contribution < 1.29 is 4.79 Å². The Morgan fingerprint density at radius 3 is 2.47 bits per heavy atom. The maximum Gasteiger partial charge on any atom is 0.234 e. The van der Waals surface area contributed by atoms with Crippen LogP contribution in [0.25, 0.3) is 0 Å². The number of aryl methyl sites for hydroxylation is 2. The van der Waals surface area contributed by atoms with E-state index < -0.39 is 0 Å². The molecule has 1 aliphatic rings. The van der Waals surface area contributed by atoms with E-state index in [1.165, 1.54) is 0 Å². The van der Waals surface area contributed by atoms with Crippen molar-refractivity contribution in [1.29, 1.82) is 0 Å². The summed E-state index contributed by atoms with van der Waals surface area (Å²) < 4.78 is 0. The quantitative estimate of drug-likeness (QED) is 0.869. The summed E-state index contributed by atoms with van der Waals surface area (Å²) in [6, 6.07) is 1.89. The first-order valence-electron chi connectivity index (χ1n) is 6.78. The van der Waals surface area contributed by atoms with Crippen molar-refractivity contribution in [1.82, 2.24) is 15.3 Å². The van der Waals surface area contributed by atoms with Gasteiger partial charge in [-0.2, -0.15) is 0 Å². The van der Waals surface area contributed by atoms with Gasteiger partial charge in [0.25, 0.3) is 0 Å². The van der Waals surface area contributed by atoms with E-state index in [9.17, 15) is 4.79 Å². The summed E-state index contributed by atoms with van der Waals surface area (Å²) in [5, 5.41) is 6.17. The minimum atomic E-state index is -0.346. The second-order valence-electron chi connectivity index (χ2n) is 5.67. The maximum atomic E-state index is 12.6. The fourth-order valence-electron chi connectivity index (χ4n) is 2.67. The topological polar surface area (TPSA) is 66.9 Å². The van der Waals surface area contributed by atoms with Crippen molar-refractivity contribution in [3.05, 3.63) is 17.5 Å². The van der Waals surface area contributed by atoms with Gasteiger partial charge in [-0.1, -0.05) is 13.8 Å². The van der Waals surface area contributed by atoms with Crippen LogP contribution in [0.4, 0.5) is 5.95 Å². The molecule has 1 fully saturated rings. The summed E-state index contributed by atoms with van der Waals surface area (Å²) in [6.45, 7) is 9.60. The fourth-order valence-corrected chi connectivity index (χ4v) is 2.67. The molecule has 0 radical (unpaired) electrons. The Bertz CT molecular complexity index is 458. The van der Waals surface area contributed by atoms with Crippen LogP contribution < -0.4 is 10.6 Å². The van der Waals surface area contributed by atoms with Crippen LogP contribution >= 0.6 is 0 Å². The molecule has 1 amide bonds. The van der Waals surface area contributed by atoms with E-state index in [4.69, 9.17) is 0 Å². The highest BCUT2D eigenvalue weighted by Crippen LogP contribution is 2.35. The number of hydrogen-bond acceptors (Lipinski definition) is 4. The van der Waals surface area contributed by atoms with E-state index in [0.29, 0.717) is 5.95 Å². The summed E-state index contributed by atoms with van der Waals surface area (Å²) in [5.74, 6) is 0.723. The van der Waals surface area contributed by atoms with Gasteiger partial charge in [-0.15, -0.1) is 0 Å². The lowest BCUT2D eigenvalue weighted by atomic mass is 9.75. The van der Waals surface area contributed by atoms with Gasteiger partial charge in [-0.05, 0) is 38.8 Å². The second kappa shape index (κ2) is 5.25. The third-order valence-electron chi connectivity index (χ3n) is 3.95. The third kappa shape index (κ3) is 2.76. The molecule has 19 heavy (non-hydrogen) atoms. The van der Waals surface area contributed by atoms with Crippen LogP contribution in [0.15, 0.2) is 6.07 Å².